The maximum atomic E-state index is 13.2. The van der Waals surface area contributed by atoms with Crippen LogP contribution >= 0.6 is 0 Å². The van der Waals surface area contributed by atoms with Gasteiger partial charge in [-0.25, -0.2) is 0 Å². The normalized spacial score (nSPS) is 14.7. The van der Waals surface area contributed by atoms with Crippen molar-refractivity contribution in [1.82, 2.24) is 0 Å². The Morgan fingerprint density at radius 2 is 1.05 bits per heavy atom. The highest BCUT2D eigenvalue weighted by Crippen LogP contribution is 2.38. The van der Waals surface area contributed by atoms with Crippen LogP contribution in [0.25, 0.3) is 0 Å². The molecule has 0 amide bonds. The topological polar surface area (TPSA) is 82.1 Å². The van der Waals surface area contributed by atoms with Gasteiger partial charge in [-0.1, -0.05) is 81.4 Å². The van der Waals surface area contributed by atoms with Gasteiger partial charge in [-0.2, -0.15) is 0 Å². The van der Waals surface area contributed by atoms with Crippen molar-refractivity contribution in [2.75, 3.05) is 0 Å². The summed E-state index contributed by atoms with van der Waals surface area (Å²) in [4.78, 5) is 26.4. The molecule has 0 spiro atoms. The lowest BCUT2D eigenvalue weighted by molar-refractivity contribution is -0.182. The molecule has 0 aliphatic rings. The van der Waals surface area contributed by atoms with Crippen molar-refractivity contribution < 1.29 is 28.6 Å². The standard InChI is InChI=1S/C30H44O6Si/c1-21(25(31)24(26(32)34-28(2,3)4)27(33)35-29(5,6)7)36-37(30(8,9)10,22-17-13-11-14-18-22)23-19-15-12-16-20-23/h11-21,24-25,31H,1-10H3/t21-,25-/m0/s1. The zero-order valence-corrected chi connectivity index (χ0v) is 25.0. The number of hydrogen-bond donors (Lipinski definition) is 1. The van der Waals surface area contributed by atoms with Gasteiger partial charge in [-0.3, -0.25) is 9.59 Å². The minimum Gasteiger partial charge on any atom is -0.459 e. The molecule has 0 saturated heterocycles. The number of aliphatic hydroxyl groups is 1. The molecule has 0 unspecified atom stereocenters. The van der Waals surface area contributed by atoms with Crippen LogP contribution in [-0.2, 0) is 23.5 Å². The van der Waals surface area contributed by atoms with Gasteiger partial charge in [0.05, 0.1) is 6.10 Å². The van der Waals surface area contributed by atoms with Crippen LogP contribution in [0.5, 0.6) is 0 Å². The van der Waals surface area contributed by atoms with Crippen molar-refractivity contribution in [3.8, 4) is 0 Å². The zero-order chi connectivity index (χ0) is 28.2. The highest BCUT2D eigenvalue weighted by atomic mass is 28.4. The summed E-state index contributed by atoms with van der Waals surface area (Å²) >= 11 is 0. The van der Waals surface area contributed by atoms with Crippen LogP contribution in [0.2, 0.25) is 5.04 Å². The maximum absolute atomic E-state index is 13.2. The van der Waals surface area contributed by atoms with Gasteiger partial charge in [-0.05, 0) is 63.9 Å². The largest absolute Gasteiger partial charge is 0.459 e. The first-order valence-corrected chi connectivity index (χ1v) is 14.7. The smallest absolute Gasteiger partial charge is 0.323 e. The fraction of sp³-hybridized carbons (Fsp3) is 0.533. The molecule has 2 rings (SSSR count). The SMILES string of the molecule is C[C@H](O[Si](c1ccccc1)(c1ccccc1)C(C)(C)C)[C@H](O)C(C(=O)OC(C)(C)C)C(=O)OC(C)(C)C. The number of carbonyl (C=O) groups is 2. The van der Waals surface area contributed by atoms with E-state index in [2.05, 4.69) is 20.8 Å². The van der Waals surface area contributed by atoms with Gasteiger partial charge in [0, 0.05) is 0 Å². The Morgan fingerprint density at radius 3 is 1.35 bits per heavy atom. The van der Waals surface area contributed by atoms with Crippen molar-refractivity contribution >= 4 is 30.6 Å². The van der Waals surface area contributed by atoms with E-state index in [1.54, 1.807) is 48.5 Å². The van der Waals surface area contributed by atoms with Crippen LogP contribution < -0.4 is 10.4 Å². The fourth-order valence-electron chi connectivity index (χ4n) is 4.42. The van der Waals surface area contributed by atoms with E-state index in [-0.39, 0.29) is 5.04 Å². The molecule has 0 heterocycles. The lowest BCUT2D eigenvalue weighted by Gasteiger charge is -2.45. The summed E-state index contributed by atoms with van der Waals surface area (Å²) in [6, 6.07) is 20.0. The van der Waals surface area contributed by atoms with Gasteiger partial charge in [0.25, 0.3) is 8.32 Å². The molecule has 0 radical (unpaired) electrons. The average Bonchev–Trinajstić information content (AvgIpc) is 2.75. The van der Waals surface area contributed by atoms with Crippen molar-refractivity contribution in [2.24, 2.45) is 5.92 Å². The van der Waals surface area contributed by atoms with Gasteiger partial charge in [0.2, 0.25) is 0 Å². The van der Waals surface area contributed by atoms with E-state index in [1.807, 2.05) is 60.7 Å². The second kappa shape index (κ2) is 11.5. The van der Waals surface area contributed by atoms with Crippen molar-refractivity contribution in [3.63, 3.8) is 0 Å². The van der Waals surface area contributed by atoms with Gasteiger partial charge in [-0.15, -0.1) is 0 Å². The fourth-order valence-corrected chi connectivity index (χ4v) is 9.13. The van der Waals surface area contributed by atoms with Crippen molar-refractivity contribution in [2.45, 2.75) is 97.7 Å². The zero-order valence-electron chi connectivity index (χ0n) is 24.0. The first-order valence-electron chi connectivity index (χ1n) is 12.8. The average molecular weight is 529 g/mol. The van der Waals surface area contributed by atoms with Crippen molar-refractivity contribution in [3.05, 3.63) is 60.7 Å². The Bertz CT molecular complexity index is 964. The molecule has 6 nitrogen and oxygen atoms in total. The Kier molecular flexibility index (Phi) is 9.55. The number of ether oxygens (including phenoxy) is 2. The van der Waals surface area contributed by atoms with E-state index in [0.717, 1.165) is 10.4 Å². The second-order valence-corrected chi connectivity index (χ2v) is 16.8. The van der Waals surface area contributed by atoms with Gasteiger partial charge >= 0.3 is 11.9 Å². The van der Waals surface area contributed by atoms with Gasteiger partial charge in [0.1, 0.15) is 17.3 Å². The quantitative estimate of drug-likeness (QED) is 0.306. The predicted octanol–water partition coefficient (Wildman–Crippen LogP) is 4.61. The van der Waals surface area contributed by atoms with E-state index in [1.165, 1.54) is 0 Å². The van der Waals surface area contributed by atoms with E-state index in [9.17, 15) is 14.7 Å². The Hall–Kier alpha value is -2.48. The third kappa shape index (κ3) is 7.76. The molecule has 7 heteroatoms. The second-order valence-electron chi connectivity index (χ2n) is 12.5. The van der Waals surface area contributed by atoms with Crippen molar-refractivity contribution in [1.29, 1.82) is 0 Å². The van der Waals surface area contributed by atoms with Crippen LogP contribution in [-0.4, -0.2) is 48.8 Å². The summed E-state index contributed by atoms with van der Waals surface area (Å²) in [7, 11) is -3.05. The van der Waals surface area contributed by atoms with Crippen LogP contribution in [0.4, 0.5) is 0 Å². The number of hydrogen-bond acceptors (Lipinski definition) is 6. The van der Waals surface area contributed by atoms with E-state index < -0.39 is 49.6 Å². The molecule has 37 heavy (non-hydrogen) atoms. The van der Waals surface area contributed by atoms with Crippen LogP contribution in [0.15, 0.2) is 60.7 Å². The lowest BCUT2D eigenvalue weighted by atomic mass is 9.98. The van der Waals surface area contributed by atoms with Crippen LogP contribution in [0.1, 0.15) is 69.2 Å². The third-order valence-electron chi connectivity index (χ3n) is 5.92. The monoisotopic (exact) mass is 528 g/mol. The molecular formula is C30H44O6Si. The third-order valence-corrected chi connectivity index (χ3v) is 11.1. The molecule has 0 aromatic heterocycles. The summed E-state index contributed by atoms with van der Waals surface area (Å²) in [6.07, 6.45) is -2.39. The summed E-state index contributed by atoms with van der Waals surface area (Å²) in [5.74, 6) is -3.24. The summed E-state index contributed by atoms with van der Waals surface area (Å²) in [5.41, 5.74) is -1.70. The predicted molar refractivity (Wildman–Crippen MR) is 149 cm³/mol. The first-order chi connectivity index (χ1) is 16.9. The Morgan fingerprint density at radius 1 is 0.703 bits per heavy atom. The molecule has 204 valence electrons. The van der Waals surface area contributed by atoms with Crippen LogP contribution in [0, 0.1) is 5.92 Å². The summed E-state index contributed by atoms with van der Waals surface area (Å²) in [6.45, 7) is 18.4. The molecule has 0 aliphatic carbocycles. The molecule has 2 aromatic rings. The summed E-state index contributed by atoms with van der Waals surface area (Å²) < 4.78 is 18.0. The Labute approximate surface area is 223 Å². The minimum atomic E-state index is -3.05. The highest BCUT2D eigenvalue weighted by Gasteiger charge is 2.53. The Balaban J connectivity index is 2.60. The molecule has 2 atom stereocenters. The number of esters is 2. The molecular weight excluding hydrogens is 484 g/mol. The lowest BCUT2D eigenvalue weighted by Crippen LogP contribution is -2.68. The highest BCUT2D eigenvalue weighted by molar-refractivity contribution is 6.99. The molecule has 0 bridgehead atoms. The molecule has 0 fully saturated rings. The minimum absolute atomic E-state index is 0.350. The van der Waals surface area contributed by atoms with Gasteiger partial charge in [0.15, 0.2) is 5.92 Å². The number of benzene rings is 2. The van der Waals surface area contributed by atoms with E-state index in [0.29, 0.717) is 0 Å². The van der Waals surface area contributed by atoms with E-state index in [4.69, 9.17) is 13.9 Å². The molecule has 2 aromatic carbocycles. The maximum Gasteiger partial charge on any atom is 0.323 e. The number of carbonyl (C=O) groups excluding carboxylic acids is 2. The first kappa shape index (κ1) is 30.7. The summed E-state index contributed by atoms with van der Waals surface area (Å²) in [5, 5.41) is 13.2. The van der Waals surface area contributed by atoms with Crippen LogP contribution in [0.3, 0.4) is 0 Å². The molecule has 0 saturated carbocycles. The van der Waals surface area contributed by atoms with E-state index >= 15 is 0 Å². The molecule has 1 N–H and O–H groups in total. The molecule has 0 aliphatic heterocycles. The van der Waals surface area contributed by atoms with Gasteiger partial charge < -0.3 is 19.0 Å². The number of rotatable bonds is 8. The number of aliphatic hydroxyl groups excluding tert-OH is 1.